The molecule has 0 aromatic carbocycles. The second kappa shape index (κ2) is 5.72. The van der Waals surface area contributed by atoms with Crippen LogP contribution < -0.4 is 5.32 Å². The molecule has 0 spiro atoms. The van der Waals surface area contributed by atoms with Crippen molar-refractivity contribution in [2.45, 2.75) is 40.2 Å². The summed E-state index contributed by atoms with van der Waals surface area (Å²) < 4.78 is 0. The molecular formula is C12H26N2. The molecule has 0 aromatic rings. The summed E-state index contributed by atoms with van der Waals surface area (Å²) in [6, 6.07) is 0.725. The molecule has 1 fully saturated rings. The molecule has 1 atom stereocenters. The summed E-state index contributed by atoms with van der Waals surface area (Å²) >= 11 is 0. The van der Waals surface area contributed by atoms with Crippen molar-refractivity contribution in [2.75, 3.05) is 26.2 Å². The Morgan fingerprint density at radius 1 is 1.21 bits per heavy atom. The fourth-order valence-corrected chi connectivity index (χ4v) is 2.30. The third-order valence-corrected chi connectivity index (χ3v) is 2.72. The zero-order valence-electron chi connectivity index (χ0n) is 10.2. The van der Waals surface area contributed by atoms with E-state index in [2.05, 4.69) is 37.9 Å². The predicted molar refractivity (Wildman–Crippen MR) is 62.5 cm³/mol. The lowest BCUT2D eigenvalue weighted by Gasteiger charge is -2.35. The van der Waals surface area contributed by atoms with E-state index in [0.29, 0.717) is 0 Å². The highest BCUT2D eigenvalue weighted by atomic mass is 15.2. The zero-order chi connectivity index (χ0) is 10.6. The number of nitrogens with zero attached hydrogens (tertiary/aromatic N) is 1. The molecule has 0 saturated carbocycles. The quantitative estimate of drug-likeness (QED) is 0.743. The zero-order valence-corrected chi connectivity index (χ0v) is 10.2. The van der Waals surface area contributed by atoms with Crippen molar-refractivity contribution in [3.63, 3.8) is 0 Å². The van der Waals surface area contributed by atoms with E-state index < -0.39 is 0 Å². The Labute approximate surface area is 89.1 Å². The van der Waals surface area contributed by atoms with Gasteiger partial charge in [0.15, 0.2) is 0 Å². The molecule has 0 aliphatic carbocycles. The first kappa shape index (κ1) is 12.0. The van der Waals surface area contributed by atoms with Crippen molar-refractivity contribution in [3.8, 4) is 0 Å². The summed E-state index contributed by atoms with van der Waals surface area (Å²) in [7, 11) is 0. The van der Waals surface area contributed by atoms with Crippen LogP contribution in [0.25, 0.3) is 0 Å². The Bertz CT molecular complexity index is 138. The molecule has 0 aromatic heterocycles. The maximum atomic E-state index is 3.61. The molecule has 1 saturated heterocycles. The minimum atomic E-state index is 0.725. The molecule has 1 aliphatic heterocycles. The van der Waals surface area contributed by atoms with Crippen LogP contribution in [0.3, 0.4) is 0 Å². The molecule has 1 unspecified atom stereocenters. The highest BCUT2D eigenvalue weighted by molar-refractivity contribution is 4.79. The minimum Gasteiger partial charge on any atom is -0.311 e. The van der Waals surface area contributed by atoms with Crippen LogP contribution in [-0.2, 0) is 0 Å². The van der Waals surface area contributed by atoms with E-state index >= 15 is 0 Å². The van der Waals surface area contributed by atoms with E-state index in [9.17, 15) is 0 Å². The van der Waals surface area contributed by atoms with Gasteiger partial charge in [-0.25, -0.2) is 0 Å². The van der Waals surface area contributed by atoms with Gasteiger partial charge in [-0.2, -0.15) is 0 Å². The van der Waals surface area contributed by atoms with Crippen LogP contribution in [0.5, 0.6) is 0 Å². The summed E-state index contributed by atoms with van der Waals surface area (Å²) in [6.07, 6.45) is 1.31. The number of rotatable bonds is 4. The van der Waals surface area contributed by atoms with Crippen LogP contribution in [0.4, 0.5) is 0 Å². The second-order valence-corrected chi connectivity index (χ2v) is 5.43. The van der Waals surface area contributed by atoms with E-state index in [0.717, 1.165) is 17.9 Å². The molecule has 0 amide bonds. The standard InChI is InChI=1S/C12H26N2/c1-10(2)7-12-9-14(6-5-13-12)8-11(3)4/h10-13H,5-9H2,1-4H3. The highest BCUT2D eigenvalue weighted by Gasteiger charge is 2.19. The van der Waals surface area contributed by atoms with Crippen LogP contribution in [0, 0.1) is 11.8 Å². The van der Waals surface area contributed by atoms with Crippen molar-refractivity contribution >= 4 is 0 Å². The van der Waals surface area contributed by atoms with Gasteiger partial charge in [-0.15, -0.1) is 0 Å². The third-order valence-electron chi connectivity index (χ3n) is 2.72. The molecule has 1 aliphatic rings. The van der Waals surface area contributed by atoms with Crippen LogP contribution in [0.2, 0.25) is 0 Å². The van der Waals surface area contributed by atoms with E-state index in [4.69, 9.17) is 0 Å². The maximum Gasteiger partial charge on any atom is 0.0198 e. The number of hydrogen-bond acceptors (Lipinski definition) is 2. The van der Waals surface area contributed by atoms with E-state index in [-0.39, 0.29) is 0 Å². The van der Waals surface area contributed by atoms with Gasteiger partial charge in [0.05, 0.1) is 0 Å². The van der Waals surface area contributed by atoms with Gasteiger partial charge in [-0.05, 0) is 18.3 Å². The first-order chi connectivity index (χ1) is 6.58. The summed E-state index contributed by atoms with van der Waals surface area (Å²) in [5.41, 5.74) is 0. The lowest BCUT2D eigenvalue weighted by Crippen LogP contribution is -2.51. The van der Waals surface area contributed by atoms with E-state index in [1.807, 2.05) is 0 Å². The number of piperazine rings is 1. The van der Waals surface area contributed by atoms with E-state index in [1.165, 1.54) is 32.6 Å². The van der Waals surface area contributed by atoms with Crippen LogP contribution in [-0.4, -0.2) is 37.1 Å². The van der Waals surface area contributed by atoms with Crippen molar-refractivity contribution in [3.05, 3.63) is 0 Å². The summed E-state index contributed by atoms with van der Waals surface area (Å²) in [5.74, 6) is 1.61. The Kier molecular flexibility index (Phi) is 4.90. The van der Waals surface area contributed by atoms with Crippen LogP contribution in [0.1, 0.15) is 34.1 Å². The number of nitrogens with one attached hydrogen (secondary N) is 1. The van der Waals surface area contributed by atoms with Crippen molar-refractivity contribution in [2.24, 2.45) is 11.8 Å². The fourth-order valence-electron chi connectivity index (χ4n) is 2.30. The van der Waals surface area contributed by atoms with E-state index in [1.54, 1.807) is 0 Å². The van der Waals surface area contributed by atoms with Gasteiger partial charge in [0.25, 0.3) is 0 Å². The first-order valence-corrected chi connectivity index (χ1v) is 6.03. The Balaban J connectivity index is 2.28. The van der Waals surface area contributed by atoms with Crippen molar-refractivity contribution in [1.29, 1.82) is 0 Å². The maximum absolute atomic E-state index is 3.61. The van der Waals surface area contributed by atoms with Crippen molar-refractivity contribution < 1.29 is 0 Å². The summed E-state index contributed by atoms with van der Waals surface area (Å²) in [5, 5.41) is 3.61. The summed E-state index contributed by atoms with van der Waals surface area (Å²) in [4.78, 5) is 2.61. The van der Waals surface area contributed by atoms with Crippen LogP contribution >= 0.6 is 0 Å². The van der Waals surface area contributed by atoms with Gasteiger partial charge in [0, 0.05) is 32.2 Å². The highest BCUT2D eigenvalue weighted by Crippen LogP contribution is 2.10. The topological polar surface area (TPSA) is 15.3 Å². The van der Waals surface area contributed by atoms with Gasteiger partial charge in [0.2, 0.25) is 0 Å². The fraction of sp³-hybridized carbons (Fsp3) is 1.00. The van der Waals surface area contributed by atoms with Crippen molar-refractivity contribution in [1.82, 2.24) is 10.2 Å². The normalized spacial score (nSPS) is 24.9. The minimum absolute atomic E-state index is 0.725. The molecule has 0 bridgehead atoms. The van der Waals surface area contributed by atoms with Gasteiger partial charge < -0.3 is 10.2 Å². The molecule has 1 heterocycles. The lowest BCUT2D eigenvalue weighted by atomic mass is 10.0. The molecule has 2 heteroatoms. The van der Waals surface area contributed by atoms with Gasteiger partial charge in [-0.1, -0.05) is 27.7 Å². The predicted octanol–water partition coefficient (Wildman–Crippen LogP) is 1.96. The van der Waals surface area contributed by atoms with Gasteiger partial charge in [-0.3, -0.25) is 0 Å². The monoisotopic (exact) mass is 198 g/mol. The van der Waals surface area contributed by atoms with Crippen LogP contribution in [0.15, 0.2) is 0 Å². The smallest absolute Gasteiger partial charge is 0.0198 e. The average molecular weight is 198 g/mol. The Morgan fingerprint density at radius 2 is 1.93 bits per heavy atom. The third kappa shape index (κ3) is 4.43. The summed E-state index contributed by atoms with van der Waals surface area (Å²) in [6.45, 7) is 14.1. The second-order valence-electron chi connectivity index (χ2n) is 5.43. The molecule has 1 N–H and O–H groups in total. The molecule has 84 valence electrons. The molecule has 14 heavy (non-hydrogen) atoms. The Morgan fingerprint density at radius 3 is 2.50 bits per heavy atom. The lowest BCUT2D eigenvalue weighted by molar-refractivity contribution is 0.170. The van der Waals surface area contributed by atoms with Gasteiger partial charge in [0.1, 0.15) is 0 Å². The van der Waals surface area contributed by atoms with Gasteiger partial charge >= 0.3 is 0 Å². The SMILES string of the molecule is CC(C)CC1CN(CC(C)C)CCN1. The molecule has 0 radical (unpaired) electrons. The molecule has 2 nitrogen and oxygen atoms in total. The Hall–Kier alpha value is -0.0800. The molecular weight excluding hydrogens is 172 g/mol. The largest absolute Gasteiger partial charge is 0.311 e. The molecule has 1 rings (SSSR count). The average Bonchev–Trinajstić information content (AvgIpc) is 2.01. The number of hydrogen-bond donors (Lipinski definition) is 1. The first-order valence-electron chi connectivity index (χ1n) is 6.03.